The summed E-state index contributed by atoms with van der Waals surface area (Å²) < 4.78 is 31.3. The zero-order valence-electron chi connectivity index (χ0n) is 18.2. The lowest BCUT2D eigenvalue weighted by Crippen LogP contribution is -2.15. The molecule has 1 aliphatic rings. The molecular formula is C23H21N5O5S. The van der Waals surface area contributed by atoms with Gasteiger partial charge in [0.15, 0.2) is 21.2 Å². The van der Waals surface area contributed by atoms with Crippen LogP contribution in [0.15, 0.2) is 53.1 Å². The summed E-state index contributed by atoms with van der Waals surface area (Å²) >= 11 is 0. The molecule has 3 N–H and O–H groups in total. The Morgan fingerprint density at radius 1 is 1.21 bits per heavy atom. The number of pyridine rings is 1. The number of fused-ring (bicyclic) bond motifs is 1. The van der Waals surface area contributed by atoms with Crippen LogP contribution in [0.5, 0.6) is 0 Å². The van der Waals surface area contributed by atoms with Gasteiger partial charge in [-0.3, -0.25) is 9.59 Å². The first-order valence-electron chi connectivity index (χ1n) is 10.6. The first-order valence-corrected chi connectivity index (χ1v) is 12.4. The number of nitrogens with zero attached hydrogens (tertiary/aromatic N) is 3. The molecule has 1 atom stereocenters. The Labute approximate surface area is 194 Å². The number of nitrogens with one attached hydrogen (secondary N) is 1. The number of sulfone groups is 1. The molecule has 0 bridgehead atoms. The summed E-state index contributed by atoms with van der Waals surface area (Å²) in [6.45, 7) is 1.76. The number of hydrogen-bond donors (Lipinski definition) is 2. The Kier molecular flexibility index (Phi) is 5.20. The number of carbonyl (C=O) groups is 2. The second kappa shape index (κ2) is 8.10. The highest BCUT2D eigenvalue weighted by Crippen LogP contribution is 2.32. The van der Waals surface area contributed by atoms with E-state index in [1.807, 2.05) is 0 Å². The van der Waals surface area contributed by atoms with E-state index in [-0.39, 0.29) is 17.5 Å². The van der Waals surface area contributed by atoms with Crippen molar-refractivity contribution < 1.29 is 22.4 Å². The van der Waals surface area contributed by atoms with Crippen LogP contribution in [-0.4, -0.2) is 46.5 Å². The van der Waals surface area contributed by atoms with Gasteiger partial charge >= 0.3 is 0 Å². The third-order valence-electron chi connectivity index (χ3n) is 5.84. The van der Waals surface area contributed by atoms with Crippen LogP contribution in [0, 0.1) is 6.92 Å². The standard InChI is InChI=1S/C23H21N5O5S/c1-13-20-17(23(30)25-15-6-4-14(5-7-15)21(24)29)11-18(19-3-2-9-33-19)26-22(20)28(27-13)16-8-10-34(31,32)12-16/h2-7,9,11,16H,8,10,12H2,1H3,(H2,24,29)(H,25,30). The summed E-state index contributed by atoms with van der Waals surface area (Å²) in [5.41, 5.74) is 7.81. The fraction of sp³-hybridized carbons (Fsp3) is 0.217. The summed E-state index contributed by atoms with van der Waals surface area (Å²) in [5.74, 6) is -0.442. The molecule has 11 heteroatoms. The van der Waals surface area contributed by atoms with E-state index in [0.29, 0.717) is 51.4 Å². The van der Waals surface area contributed by atoms with Crippen molar-refractivity contribution in [3.63, 3.8) is 0 Å². The highest BCUT2D eigenvalue weighted by Gasteiger charge is 2.32. The quantitative estimate of drug-likeness (QED) is 0.447. The number of primary amides is 1. The minimum absolute atomic E-state index is 0.0242. The van der Waals surface area contributed by atoms with Crippen LogP contribution in [0.4, 0.5) is 5.69 Å². The van der Waals surface area contributed by atoms with Crippen molar-refractivity contribution >= 4 is 38.4 Å². The van der Waals surface area contributed by atoms with Crippen LogP contribution in [-0.2, 0) is 9.84 Å². The minimum Gasteiger partial charge on any atom is -0.463 e. The number of aryl methyl sites for hydroxylation is 1. The van der Waals surface area contributed by atoms with Gasteiger partial charge in [-0.05, 0) is 55.8 Å². The molecule has 174 valence electrons. The number of benzene rings is 1. The molecular weight excluding hydrogens is 458 g/mol. The first kappa shape index (κ1) is 21.8. The van der Waals surface area contributed by atoms with Crippen molar-refractivity contribution in [3.8, 4) is 11.5 Å². The van der Waals surface area contributed by atoms with Gasteiger partial charge < -0.3 is 15.5 Å². The lowest BCUT2D eigenvalue weighted by molar-refractivity contribution is 0.0998. The van der Waals surface area contributed by atoms with Crippen LogP contribution >= 0.6 is 0 Å². The Bertz CT molecular complexity index is 1520. The molecule has 1 fully saturated rings. The van der Waals surface area contributed by atoms with Gasteiger partial charge in [0.1, 0.15) is 5.69 Å². The van der Waals surface area contributed by atoms with Crippen LogP contribution in [0.25, 0.3) is 22.5 Å². The van der Waals surface area contributed by atoms with Gasteiger partial charge in [0.25, 0.3) is 5.91 Å². The summed E-state index contributed by atoms with van der Waals surface area (Å²) in [6, 6.07) is 10.9. The van der Waals surface area contributed by atoms with Crippen molar-refractivity contribution in [2.24, 2.45) is 5.73 Å². The summed E-state index contributed by atoms with van der Waals surface area (Å²) in [5, 5.41) is 7.93. The van der Waals surface area contributed by atoms with Crippen LogP contribution in [0.3, 0.4) is 0 Å². The predicted molar refractivity (Wildman–Crippen MR) is 125 cm³/mol. The van der Waals surface area contributed by atoms with Gasteiger partial charge in [-0.25, -0.2) is 18.1 Å². The van der Waals surface area contributed by atoms with E-state index in [4.69, 9.17) is 15.1 Å². The predicted octanol–water partition coefficient (Wildman–Crippen LogP) is 2.71. The number of rotatable bonds is 5. The number of amides is 2. The number of nitrogens with two attached hydrogens (primary N) is 1. The molecule has 1 aromatic carbocycles. The van der Waals surface area contributed by atoms with E-state index < -0.39 is 21.7 Å². The Morgan fingerprint density at radius 3 is 2.59 bits per heavy atom. The Balaban J connectivity index is 1.61. The van der Waals surface area contributed by atoms with Crippen LogP contribution in [0.2, 0.25) is 0 Å². The summed E-state index contributed by atoms with van der Waals surface area (Å²) in [4.78, 5) is 29.4. The van der Waals surface area contributed by atoms with Gasteiger partial charge in [0.2, 0.25) is 5.91 Å². The first-order chi connectivity index (χ1) is 16.2. The van der Waals surface area contributed by atoms with E-state index in [0.717, 1.165) is 0 Å². The maximum atomic E-state index is 13.4. The average molecular weight is 480 g/mol. The fourth-order valence-corrected chi connectivity index (χ4v) is 5.87. The van der Waals surface area contributed by atoms with Crippen LogP contribution < -0.4 is 11.1 Å². The van der Waals surface area contributed by atoms with E-state index in [9.17, 15) is 18.0 Å². The molecule has 2 amide bonds. The molecule has 4 heterocycles. The smallest absolute Gasteiger partial charge is 0.256 e. The third kappa shape index (κ3) is 3.94. The lowest BCUT2D eigenvalue weighted by Gasteiger charge is -2.12. The van der Waals surface area contributed by atoms with Crippen molar-refractivity contribution in [3.05, 3.63) is 65.5 Å². The van der Waals surface area contributed by atoms with Gasteiger partial charge in [0, 0.05) is 11.3 Å². The lowest BCUT2D eigenvalue weighted by atomic mass is 10.1. The molecule has 1 saturated heterocycles. The maximum Gasteiger partial charge on any atom is 0.256 e. The second-order valence-corrected chi connectivity index (χ2v) is 10.4. The molecule has 0 radical (unpaired) electrons. The molecule has 0 saturated carbocycles. The van der Waals surface area contributed by atoms with E-state index in [1.165, 1.54) is 18.4 Å². The van der Waals surface area contributed by atoms with Crippen molar-refractivity contribution in [1.82, 2.24) is 14.8 Å². The van der Waals surface area contributed by atoms with Crippen LogP contribution in [0.1, 0.15) is 38.9 Å². The number of aromatic nitrogens is 3. The molecule has 4 aromatic rings. The fourth-order valence-electron chi connectivity index (χ4n) is 4.18. The monoisotopic (exact) mass is 479 g/mol. The van der Waals surface area contributed by atoms with Crippen molar-refractivity contribution in [2.45, 2.75) is 19.4 Å². The van der Waals surface area contributed by atoms with E-state index in [2.05, 4.69) is 10.4 Å². The zero-order valence-corrected chi connectivity index (χ0v) is 19.0. The Hall–Kier alpha value is -3.99. The molecule has 0 aliphatic carbocycles. The summed E-state index contributed by atoms with van der Waals surface area (Å²) in [6.07, 6.45) is 1.94. The van der Waals surface area contributed by atoms with Gasteiger partial charge in [-0.2, -0.15) is 5.10 Å². The van der Waals surface area contributed by atoms with Gasteiger partial charge in [0.05, 0.1) is 40.5 Å². The normalized spacial score (nSPS) is 17.1. The maximum absolute atomic E-state index is 13.4. The third-order valence-corrected chi connectivity index (χ3v) is 7.59. The highest BCUT2D eigenvalue weighted by molar-refractivity contribution is 7.91. The number of furan rings is 1. The number of anilines is 1. The zero-order chi connectivity index (χ0) is 24.0. The molecule has 0 spiro atoms. The van der Waals surface area contributed by atoms with Crippen molar-refractivity contribution in [1.29, 1.82) is 0 Å². The van der Waals surface area contributed by atoms with E-state index >= 15 is 0 Å². The number of hydrogen-bond acceptors (Lipinski definition) is 7. The SMILES string of the molecule is Cc1nn(C2CCS(=O)(=O)C2)c2nc(-c3ccco3)cc(C(=O)Nc3ccc(C(N)=O)cc3)c12. The second-order valence-electron chi connectivity index (χ2n) is 8.21. The minimum atomic E-state index is -3.15. The topological polar surface area (TPSA) is 150 Å². The molecule has 1 aliphatic heterocycles. The molecule has 5 rings (SSSR count). The average Bonchev–Trinajstić information content (AvgIpc) is 3.53. The molecule has 3 aromatic heterocycles. The highest BCUT2D eigenvalue weighted by atomic mass is 32.2. The van der Waals surface area contributed by atoms with Gasteiger partial charge in [-0.1, -0.05) is 0 Å². The van der Waals surface area contributed by atoms with E-state index in [1.54, 1.807) is 41.9 Å². The molecule has 10 nitrogen and oxygen atoms in total. The summed E-state index contributed by atoms with van der Waals surface area (Å²) in [7, 11) is -3.15. The van der Waals surface area contributed by atoms with Gasteiger partial charge in [-0.15, -0.1) is 0 Å². The number of carbonyl (C=O) groups excluding carboxylic acids is 2. The Morgan fingerprint density at radius 2 is 1.97 bits per heavy atom. The van der Waals surface area contributed by atoms with Crippen molar-refractivity contribution in [2.75, 3.05) is 16.8 Å². The molecule has 1 unspecified atom stereocenters. The molecule has 34 heavy (non-hydrogen) atoms. The largest absolute Gasteiger partial charge is 0.463 e.